The van der Waals surface area contributed by atoms with Gasteiger partial charge in [-0.25, -0.2) is 13.2 Å². The van der Waals surface area contributed by atoms with Gasteiger partial charge in [-0.05, 0) is 30.2 Å². The van der Waals surface area contributed by atoms with E-state index in [0.717, 1.165) is 0 Å². The molecular weight excluding hydrogens is 266 g/mol. The van der Waals surface area contributed by atoms with E-state index in [0.29, 0.717) is 5.69 Å². The lowest BCUT2D eigenvalue weighted by Gasteiger charge is -2.19. The van der Waals surface area contributed by atoms with Crippen molar-refractivity contribution in [3.63, 3.8) is 0 Å². The quantitative estimate of drug-likeness (QED) is 0.835. The number of aliphatic carboxylic acids is 1. The molecule has 0 spiro atoms. The molecule has 0 aliphatic heterocycles. The molecule has 0 fully saturated rings. The van der Waals surface area contributed by atoms with E-state index >= 15 is 0 Å². The second-order valence-electron chi connectivity index (χ2n) is 4.63. The van der Waals surface area contributed by atoms with E-state index < -0.39 is 21.8 Å². The van der Waals surface area contributed by atoms with Gasteiger partial charge in [0.2, 0.25) is 0 Å². The van der Waals surface area contributed by atoms with Gasteiger partial charge in [-0.15, -0.1) is 0 Å². The molecule has 6 heteroatoms. The number of sulfone groups is 1. The second kappa shape index (κ2) is 6.06. The van der Waals surface area contributed by atoms with E-state index in [1.165, 1.54) is 12.1 Å². The molecule has 0 aliphatic rings. The molecule has 106 valence electrons. The molecule has 0 saturated heterocycles. The number of rotatable bonds is 6. The Morgan fingerprint density at radius 2 is 1.79 bits per heavy atom. The molecule has 1 rings (SSSR count). The van der Waals surface area contributed by atoms with Gasteiger partial charge in [0.25, 0.3) is 0 Å². The van der Waals surface area contributed by atoms with Crippen LogP contribution < -0.4 is 5.32 Å². The number of nitrogens with one attached hydrogen (secondary N) is 1. The van der Waals surface area contributed by atoms with Crippen LogP contribution in [0.2, 0.25) is 0 Å². The molecule has 0 aliphatic carbocycles. The fourth-order valence-corrected chi connectivity index (χ4v) is 2.50. The molecule has 1 aromatic carbocycles. The number of benzene rings is 1. The van der Waals surface area contributed by atoms with Gasteiger partial charge >= 0.3 is 5.97 Å². The number of carboxylic acid groups (broad SMARTS) is 1. The smallest absolute Gasteiger partial charge is 0.326 e. The molecule has 0 radical (unpaired) electrons. The van der Waals surface area contributed by atoms with Crippen molar-refractivity contribution in [2.24, 2.45) is 5.92 Å². The van der Waals surface area contributed by atoms with E-state index in [2.05, 4.69) is 5.32 Å². The first-order chi connectivity index (χ1) is 8.77. The first-order valence-electron chi connectivity index (χ1n) is 6.10. The first-order valence-corrected chi connectivity index (χ1v) is 7.75. The standard InChI is InChI=1S/C13H19NO4S/c1-4-19(17,18)11-7-5-10(6-8-11)14-12(9(2)3)13(15)16/h5-9,12,14H,4H2,1-3H3,(H,15,16). The molecule has 0 aromatic heterocycles. The third-order valence-corrected chi connectivity index (χ3v) is 4.60. The zero-order valence-corrected chi connectivity index (χ0v) is 12.1. The van der Waals surface area contributed by atoms with Gasteiger partial charge in [0.1, 0.15) is 6.04 Å². The summed E-state index contributed by atoms with van der Waals surface area (Å²) in [6, 6.07) is 5.44. The summed E-state index contributed by atoms with van der Waals surface area (Å²) in [5.74, 6) is -0.958. The van der Waals surface area contributed by atoms with E-state index in [4.69, 9.17) is 5.11 Å². The summed E-state index contributed by atoms with van der Waals surface area (Å²) in [6.07, 6.45) is 0. The van der Waals surface area contributed by atoms with Crippen molar-refractivity contribution in [2.75, 3.05) is 11.1 Å². The van der Waals surface area contributed by atoms with Crippen LogP contribution in [0.1, 0.15) is 20.8 Å². The maximum absolute atomic E-state index is 11.6. The lowest BCUT2D eigenvalue weighted by molar-refractivity contribution is -0.138. The van der Waals surface area contributed by atoms with Gasteiger partial charge < -0.3 is 10.4 Å². The van der Waals surface area contributed by atoms with Gasteiger partial charge in [0.05, 0.1) is 10.6 Å². The van der Waals surface area contributed by atoms with Crippen LogP contribution in [0.3, 0.4) is 0 Å². The van der Waals surface area contributed by atoms with Crippen molar-refractivity contribution in [2.45, 2.75) is 31.7 Å². The molecule has 0 saturated carbocycles. The highest BCUT2D eigenvalue weighted by Gasteiger charge is 2.21. The predicted molar refractivity (Wildman–Crippen MR) is 74.1 cm³/mol. The third kappa shape index (κ3) is 3.96. The first kappa shape index (κ1) is 15.5. The number of anilines is 1. The highest BCUT2D eigenvalue weighted by atomic mass is 32.2. The lowest BCUT2D eigenvalue weighted by Crippen LogP contribution is -2.34. The van der Waals surface area contributed by atoms with Crippen LogP contribution >= 0.6 is 0 Å². The summed E-state index contributed by atoms with van der Waals surface area (Å²) in [5, 5.41) is 11.9. The summed E-state index contributed by atoms with van der Waals surface area (Å²) in [6.45, 7) is 5.20. The summed E-state index contributed by atoms with van der Waals surface area (Å²) in [4.78, 5) is 11.3. The zero-order chi connectivity index (χ0) is 14.6. The maximum atomic E-state index is 11.6. The van der Waals surface area contributed by atoms with Crippen LogP contribution in [0.5, 0.6) is 0 Å². The number of hydrogen-bond donors (Lipinski definition) is 2. The van der Waals surface area contributed by atoms with E-state index in [1.807, 2.05) is 13.8 Å². The Morgan fingerprint density at radius 3 is 2.16 bits per heavy atom. The predicted octanol–water partition coefficient (Wildman–Crippen LogP) is 2.00. The lowest BCUT2D eigenvalue weighted by atomic mass is 10.0. The van der Waals surface area contributed by atoms with Crippen LogP contribution in [0, 0.1) is 5.92 Å². The molecule has 1 unspecified atom stereocenters. The Kier molecular flexibility index (Phi) is 4.94. The Balaban J connectivity index is 2.91. The second-order valence-corrected chi connectivity index (χ2v) is 6.91. The number of hydrogen-bond acceptors (Lipinski definition) is 4. The Hall–Kier alpha value is -1.56. The van der Waals surface area contributed by atoms with Crippen LogP contribution in [0.4, 0.5) is 5.69 Å². The van der Waals surface area contributed by atoms with Gasteiger partial charge in [-0.3, -0.25) is 0 Å². The highest BCUT2D eigenvalue weighted by Crippen LogP contribution is 2.17. The number of carboxylic acids is 1. The Morgan fingerprint density at radius 1 is 1.26 bits per heavy atom. The molecule has 19 heavy (non-hydrogen) atoms. The fourth-order valence-electron chi connectivity index (χ4n) is 1.62. The third-order valence-electron chi connectivity index (χ3n) is 2.85. The molecular formula is C13H19NO4S. The van der Waals surface area contributed by atoms with Crippen LogP contribution in [-0.2, 0) is 14.6 Å². The van der Waals surface area contributed by atoms with Crippen molar-refractivity contribution in [1.82, 2.24) is 0 Å². The molecule has 0 bridgehead atoms. The van der Waals surface area contributed by atoms with Gasteiger partial charge in [-0.2, -0.15) is 0 Å². The van der Waals surface area contributed by atoms with Gasteiger partial charge in [0, 0.05) is 5.69 Å². The molecule has 2 N–H and O–H groups in total. The largest absolute Gasteiger partial charge is 0.480 e. The van der Waals surface area contributed by atoms with Gasteiger partial charge in [-0.1, -0.05) is 20.8 Å². The van der Waals surface area contributed by atoms with Crippen molar-refractivity contribution in [3.8, 4) is 0 Å². The van der Waals surface area contributed by atoms with Crippen molar-refractivity contribution >= 4 is 21.5 Å². The van der Waals surface area contributed by atoms with Gasteiger partial charge in [0.15, 0.2) is 9.84 Å². The minimum absolute atomic E-state index is 0.0452. The van der Waals surface area contributed by atoms with Crippen molar-refractivity contribution < 1.29 is 18.3 Å². The van der Waals surface area contributed by atoms with Crippen LogP contribution in [0.15, 0.2) is 29.2 Å². The SMILES string of the molecule is CCS(=O)(=O)c1ccc(NC(C(=O)O)C(C)C)cc1. The van der Waals surface area contributed by atoms with Crippen LogP contribution in [0.25, 0.3) is 0 Å². The van der Waals surface area contributed by atoms with E-state index in [1.54, 1.807) is 19.1 Å². The summed E-state index contributed by atoms with van der Waals surface area (Å²) in [5.41, 5.74) is 0.594. The number of carbonyl (C=O) groups is 1. The fraction of sp³-hybridized carbons (Fsp3) is 0.462. The molecule has 0 amide bonds. The minimum atomic E-state index is -3.22. The summed E-state index contributed by atoms with van der Waals surface area (Å²) in [7, 11) is -3.22. The Bertz CT molecular complexity index is 534. The molecule has 1 aromatic rings. The normalized spacial score (nSPS) is 13.3. The topological polar surface area (TPSA) is 83.5 Å². The maximum Gasteiger partial charge on any atom is 0.326 e. The monoisotopic (exact) mass is 285 g/mol. The Labute approximate surface area is 113 Å². The average molecular weight is 285 g/mol. The zero-order valence-electron chi connectivity index (χ0n) is 11.3. The molecule has 5 nitrogen and oxygen atoms in total. The average Bonchev–Trinajstić information content (AvgIpc) is 2.35. The van der Waals surface area contributed by atoms with E-state index in [-0.39, 0.29) is 16.6 Å². The van der Waals surface area contributed by atoms with E-state index in [9.17, 15) is 13.2 Å². The highest BCUT2D eigenvalue weighted by molar-refractivity contribution is 7.91. The van der Waals surface area contributed by atoms with Crippen molar-refractivity contribution in [3.05, 3.63) is 24.3 Å². The minimum Gasteiger partial charge on any atom is -0.480 e. The van der Waals surface area contributed by atoms with Crippen molar-refractivity contribution in [1.29, 1.82) is 0 Å². The molecule has 1 atom stereocenters. The summed E-state index contributed by atoms with van der Waals surface area (Å²) >= 11 is 0. The van der Waals surface area contributed by atoms with Crippen LogP contribution in [-0.4, -0.2) is 31.3 Å². The molecule has 0 heterocycles. The summed E-state index contributed by atoms with van der Waals surface area (Å²) < 4.78 is 23.3.